The Labute approximate surface area is 142 Å². The van der Waals surface area contributed by atoms with Crippen LogP contribution < -0.4 is 0 Å². The molecule has 1 fully saturated rings. The van der Waals surface area contributed by atoms with Crippen LogP contribution in [-0.2, 0) is 19.6 Å². The fourth-order valence-electron chi connectivity index (χ4n) is 2.73. The quantitative estimate of drug-likeness (QED) is 0.823. The summed E-state index contributed by atoms with van der Waals surface area (Å²) in [5, 5.41) is 18.8. The zero-order valence-electron chi connectivity index (χ0n) is 11.9. The summed E-state index contributed by atoms with van der Waals surface area (Å²) in [6, 6.07) is 3.61. The van der Waals surface area contributed by atoms with Crippen molar-refractivity contribution in [3.8, 4) is 0 Å². The minimum atomic E-state index is -4.28. The first kappa shape index (κ1) is 18.0. The van der Waals surface area contributed by atoms with Gasteiger partial charge in [0.05, 0.1) is 10.8 Å². The minimum Gasteiger partial charge on any atom is -0.481 e. The fourth-order valence-corrected chi connectivity index (χ4v) is 5.24. The molecule has 2 rings (SSSR count). The molecule has 1 saturated heterocycles. The molecule has 0 saturated carbocycles. The molecule has 126 valence electrons. The third kappa shape index (κ3) is 2.91. The summed E-state index contributed by atoms with van der Waals surface area (Å²) < 4.78 is 26.2. The predicted octanol–water partition coefficient (Wildman–Crippen LogP) is 1.93. The van der Waals surface area contributed by atoms with E-state index in [1.807, 2.05) is 0 Å². The van der Waals surface area contributed by atoms with E-state index in [9.17, 15) is 28.2 Å². The highest BCUT2D eigenvalue weighted by atomic mass is 35.5. The second kappa shape index (κ2) is 5.94. The summed E-state index contributed by atoms with van der Waals surface area (Å²) in [6.45, 7) is 0.858. The van der Waals surface area contributed by atoms with E-state index < -0.39 is 33.4 Å². The average molecular weight is 382 g/mol. The molecule has 1 aliphatic heterocycles. The summed E-state index contributed by atoms with van der Waals surface area (Å²) in [5.74, 6) is -4.25. The third-order valence-corrected chi connectivity index (χ3v) is 6.38. The first-order valence-electron chi connectivity index (χ1n) is 6.46. The lowest BCUT2D eigenvalue weighted by Gasteiger charge is -2.32. The smallest absolute Gasteiger partial charge is 0.325 e. The summed E-state index contributed by atoms with van der Waals surface area (Å²) in [6.07, 6.45) is -0.105. The normalized spacial score (nSPS) is 25.4. The van der Waals surface area contributed by atoms with Gasteiger partial charge in [-0.25, -0.2) is 8.42 Å². The van der Waals surface area contributed by atoms with Crippen LogP contribution in [0.2, 0.25) is 10.0 Å². The number of hydrogen-bond acceptors (Lipinski definition) is 4. The van der Waals surface area contributed by atoms with Gasteiger partial charge in [-0.3, -0.25) is 9.59 Å². The maximum absolute atomic E-state index is 12.8. The van der Waals surface area contributed by atoms with Crippen LogP contribution in [0.3, 0.4) is 0 Å². The predicted molar refractivity (Wildman–Crippen MR) is 82.1 cm³/mol. The Morgan fingerprint density at radius 2 is 1.74 bits per heavy atom. The molecular weight excluding hydrogens is 369 g/mol. The molecule has 0 amide bonds. The van der Waals surface area contributed by atoms with Gasteiger partial charge in [0, 0.05) is 16.6 Å². The molecule has 2 N–H and O–H groups in total. The molecule has 1 heterocycles. The standard InChI is InChI=1S/C13H13Cl2NO6S/c1-13(12(19)20)10(11(17)18)2-3-16(13)23(21,22)9-5-7(14)4-8(15)6-9/h4-6,10H,2-3H2,1H3,(H,17,18)(H,19,20)/t10-,13+/m1/s1. The molecule has 1 aliphatic rings. The molecule has 2 atom stereocenters. The first-order valence-corrected chi connectivity index (χ1v) is 8.66. The molecule has 0 aliphatic carbocycles. The zero-order chi connectivity index (χ0) is 17.6. The largest absolute Gasteiger partial charge is 0.481 e. The summed E-state index contributed by atoms with van der Waals surface area (Å²) >= 11 is 11.6. The molecule has 0 unspecified atom stereocenters. The van der Waals surface area contributed by atoms with E-state index in [-0.39, 0.29) is 27.9 Å². The minimum absolute atomic E-state index is 0.0714. The lowest BCUT2D eigenvalue weighted by molar-refractivity contribution is -0.156. The van der Waals surface area contributed by atoms with Crippen molar-refractivity contribution >= 4 is 45.2 Å². The maximum Gasteiger partial charge on any atom is 0.325 e. The molecule has 0 spiro atoms. The van der Waals surface area contributed by atoms with Crippen molar-refractivity contribution in [2.45, 2.75) is 23.8 Å². The Balaban J connectivity index is 2.59. The van der Waals surface area contributed by atoms with Crippen molar-refractivity contribution in [3.63, 3.8) is 0 Å². The molecule has 1 aromatic carbocycles. The van der Waals surface area contributed by atoms with Crippen molar-refractivity contribution in [1.29, 1.82) is 0 Å². The van der Waals surface area contributed by atoms with Gasteiger partial charge in [0.1, 0.15) is 5.54 Å². The number of carboxylic acids is 2. The van der Waals surface area contributed by atoms with E-state index in [0.29, 0.717) is 4.31 Å². The number of carbonyl (C=O) groups is 2. The number of benzene rings is 1. The van der Waals surface area contributed by atoms with Gasteiger partial charge < -0.3 is 10.2 Å². The number of nitrogens with zero attached hydrogens (tertiary/aromatic N) is 1. The summed E-state index contributed by atoms with van der Waals surface area (Å²) in [7, 11) is -4.28. The summed E-state index contributed by atoms with van der Waals surface area (Å²) in [5.41, 5.74) is -2.10. The summed E-state index contributed by atoms with van der Waals surface area (Å²) in [4.78, 5) is 22.7. The second-order valence-corrected chi connectivity index (χ2v) is 8.05. The number of hydrogen-bond donors (Lipinski definition) is 2. The molecule has 7 nitrogen and oxygen atoms in total. The molecule has 1 aromatic rings. The van der Waals surface area contributed by atoms with Gasteiger partial charge in [-0.15, -0.1) is 0 Å². The molecular formula is C13H13Cl2NO6S. The molecule has 23 heavy (non-hydrogen) atoms. The highest BCUT2D eigenvalue weighted by Gasteiger charge is 2.58. The van der Waals surface area contributed by atoms with Crippen LogP contribution in [0.25, 0.3) is 0 Å². The van der Waals surface area contributed by atoms with Crippen LogP contribution in [-0.4, -0.2) is 47.0 Å². The first-order chi connectivity index (χ1) is 10.5. The Kier molecular flexibility index (Phi) is 4.64. The van der Waals surface area contributed by atoms with Crippen LogP contribution in [0, 0.1) is 5.92 Å². The van der Waals surface area contributed by atoms with Crippen molar-refractivity contribution in [2.75, 3.05) is 6.54 Å². The van der Waals surface area contributed by atoms with Crippen LogP contribution in [0.15, 0.2) is 23.1 Å². The van der Waals surface area contributed by atoms with Gasteiger partial charge in [0.25, 0.3) is 0 Å². The number of carboxylic acid groups (broad SMARTS) is 2. The van der Waals surface area contributed by atoms with E-state index in [4.69, 9.17) is 23.2 Å². The van der Waals surface area contributed by atoms with Crippen molar-refractivity contribution in [1.82, 2.24) is 4.31 Å². The van der Waals surface area contributed by atoms with Crippen molar-refractivity contribution in [3.05, 3.63) is 28.2 Å². The average Bonchev–Trinajstić information content (AvgIpc) is 2.77. The lowest BCUT2D eigenvalue weighted by Crippen LogP contribution is -2.55. The van der Waals surface area contributed by atoms with Crippen molar-refractivity contribution < 1.29 is 28.2 Å². The van der Waals surface area contributed by atoms with Gasteiger partial charge in [-0.2, -0.15) is 4.31 Å². The number of sulfonamides is 1. The Morgan fingerprint density at radius 3 is 2.17 bits per heavy atom. The topological polar surface area (TPSA) is 112 Å². The molecule has 10 heteroatoms. The molecule has 0 bridgehead atoms. The van der Waals surface area contributed by atoms with Gasteiger partial charge in [0.15, 0.2) is 0 Å². The van der Waals surface area contributed by atoms with E-state index in [1.165, 1.54) is 6.07 Å². The van der Waals surface area contributed by atoms with Crippen LogP contribution >= 0.6 is 23.2 Å². The SMILES string of the molecule is C[C@@]1(C(=O)O)[C@@H](C(=O)O)CCN1S(=O)(=O)c1cc(Cl)cc(Cl)c1. The number of aliphatic carboxylic acids is 2. The van der Waals surface area contributed by atoms with Gasteiger partial charge in [-0.1, -0.05) is 23.2 Å². The van der Waals surface area contributed by atoms with E-state index in [1.54, 1.807) is 0 Å². The van der Waals surface area contributed by atoms with Gasteiger partial charge >= 0.3 is 11.9 Å². The van der Waals surface area contributed by atoms with E-state index in [2.05, 4.69) is 0 Å². The Hall–Kier alpha value is -1.35. The van der Waals surface area contributed by atoms with Crippen LogP contribution in [0.5, 0.6) is 0 Å². The van der Waals surface area contributed by atoms with E-state index >= 15 is 0 Å². The zero-order valence-corrected chi connectivity index (χ0v) is 14.2. The number of halogens is 2. The van der Waals surface area contributed by atoms with E-state index in [0.717, 1.165) is 19.1 Å². The fraction of sp³-hybridized carbons (Fsp3) is 0.385. The highest BCUT2D eigenvalue weighted by molar-refractivity contribution is 7.89. The van der Waals surface area contributed by atoms with Crippen molar-refractivity contribution in [2.24, 2.45) is 5.92 Å². The molecule has 0 radical (unpaired) electrons. The monoisotopic (exact) mass is 381 g/mol. The maximum atomic E-state index is 12.8. The van der Waals surface area contributed by atoms with Crippen LogP contribution in [0.1, 0.15) is 13.3 Å². The van der Waals surface area contributed by atoms with Gasteiger partial charge in [0.2, 0.25) is 10.0 Å². The second-order valence-electron chi connectivity index (χ2n) is 5.31. The third-order valence-electron chi connectivity index (χ3n) is 3.97. The Bertz CT molecular complexity index is 760. The van der Waals surface area contributed by atoms with Gasteiger partial charge in [-0.05, 0) is 31.5 Å². The number of rotatable bonds is 4. The highest BCUT2D eigenvalue weighted by Crippen LogP contribution is 2.40. The van der Waals surface area contributed by atoms with Crippen LogP contribution in [0.4, 0.5) is 0 Å². The molecule has 0 aromatic heterocycles. The Morgan fingerprint density at radius 1 is 1.22 bits per heavy atom. The lowest BCUT2D eigenvalue weighted by atomic mass is 9.87.